The summed E-state index contributed by atoms with van der Waals surface area (Å²) in [5.41, 5.74) is 3.53. The molecule has 1 unspecified atom stereocenters. The van der Waals surface area contributed by atoms with Crippen LogP contribution >= 0.6 is 0 Å². The first-order valence-electron chi connectivity index (χ1n) is 10.00. The van der Waals surface area contributed by atoms with Crippen molar-refractivity contribution in [2.45, 2.75) is 37.1 Å². The van der Waals surface area contributed by atoms with Gasteiger partial charge in [0, 0.05) is 41.2 Å². The maximum Gasteiger partial charge on any atom is 0.234 e. The van der Waals surface area contributed by atoms with Gasteiger partial charge in [0.2, 0.25) is 5.78 Å². The Kier molecular flexibility index (Phi) is 3.52. The van der Waals surface area contributed by atoms with Crippen LogP contribution in [0, 0.1) is 0 Å². The van der Waals surface area contributed by atoms with Crippen molar-refractivity contribution in [3.63, 3.8) is 0 Å². The number of aromatic nitrogens is 6. The lowest BCUT2D eigenvalue weighted by Crippen LogP contribution is -2.39. The van der Waals surface area contributed by atoms with Crippen molar-refractivity contribution in [1.82, 2.24) is 34.7 Å². The number of benzene rings is 1. The molecule has 3 aromatic heterocycles. The van der Waals surface area contributed by atoms with E-state index in [1.54, 1.807) is 18.5 Å². The van der Waals surface area contributed by atoms with Gasteiger partial charge in [-0.2, -0.15) is 15.0 Å². The van der Waals surface area contributed by atoms with Crippen molar-refractivity contribution in [3.8, 4) is 22.7 Å². The molecule has 146 valence electrons. The molecule has 2 N–H and O–H groups in total. The molecule has 0 bridgehead atoms. The van der Waals surface area contributed by atoms with E-state index in [9.17, 15) is 5.11 Å². The van der Waals surface area contributed by atoms with E-state index in [0.29, 0.717) is 34.2 Å². The van der Waals surface area contributed by atoms with Crippen LogP contribution in [0.1, 0.15) is 37.3 Å². The van der Waals surface area contributed by atoms with Gasteiger partial charge in [-0.3, -0.25) is 4.40 Å². The zero-order valence-corrected chi connectivity index (χ0v) is 15.9. The van der Waals surface area contributed by atoms with Crippen molar-refractivity contribution in [1.29, 1.82) is 0 Å². The van der Waals surface area contributed by atoms with Gasteiger partial charge in [0.1, 0.15) is 5.75 Å². The lowest BCUT2D eigenvalue weighted by atomic mass is 9.88. The van der Waals surface area contributed by atoms with Crippen molar-refractivity contribution < 1.29 is 5.11 Å². The number of phenolic OH excluding ortho intramolecular Hbond substituents is 1. The number of imidazole rings is 1. The lowest BCUT2D eigenvalue weighted by Gasteiger charge is -2.30. The van der Waals surface area contributed by atoms with Crippen LogP contribution in [0.3, 0.4) is 0 Å². The van der Waals surface area contributed by atoms with Crippen molar-refractivity contribution in [2.24, 2.45) is 0 Å². The fourth-order valence-corrected chi connectivity index (χ4v) is 4.39. The van der Waals surface area contributed by atoms with Crippen molar-refractivity contribution in [2.75, 3.05) is 6.54 Å². The first-order valence-corrected chi connectivity index (χ1v) is 10.00. The van der Waals surface area contributed by atoms with Crippen LogP contribution in [0.4, 0.5) is 0 Å². The summed E-state index contributed by atoms with van der Waals surface area (Å²) in [6, 6.07) is 7.45. The van der Waals surface area contributed by atoms with E-state index in [1.807, 2.05) is 28.9 Å². The monoisotopic (exact) mass is 387 g/mol. The van der Waals surface area contributed by atoms with E-state index in [4.69, 9.17) is 4.98 Å². The Morgan fingerprint density at radius 3 is 2.76 bits per heavy atom. The van der Waals surface area contributed by atoms with Crippen molar-refractivity contribution >= 4 is 5.78 Å². The SMILES string of the molecule is Oc1cc(-n2nccn2)ccc1-c1cn2ccc(C3CCNC4(CC4)C3)nc2n1. The zero-order chi connectivity index (χ0) is 19.4. The number of nitrogens with zero attached hydrogens (tertiary/aromatic N) is 6. The van der Waals surface area contributed by atoms with E-state index in [0.717, 1.165) is 25.1 Å². The predicted molar refractivity (Wildman–Crippen MR) is 107 cm³/mol. The molecule has 1 saturated carbocycles. The number of nitrogens with one attached hydrogen (secondary N) is 1. The second kappa shape index (κ2) is 6.12. The number of hydrogen-bond acceptors (Lipinski definition) is 6. The van der Waals surface area contributed by atoms with Crippen molar-refractivity contribution in [3.05, 3.63) is 54.7 Å². The molecule has 2 aliphatic rings. The minimum absolute atomic E-state index is 0.137. The number of fused-ring (bicyclic) bond motifs is 1. The molecule has 1 spiro atoms. The topological polar surface area (TPSA) is 93.2 Å². The minimum Gasteiger partial charge on any atom is -0.507 e. The van der Waals surface area contributed by atoms with Crippen LogP contribution in [-0.4, -0.2) is 46.6 Å². The molecule has 8 nitrogen and oxygen atoms in total. The van der Waals surface area contributed by atoms with E-state index < -0.39 is 0 Å². The summed E-state index contributed by atoms with van der Waals surface area (Å²) in [4.78, 5) is 11.0. The molecule has 1 saturated heterocycles. The minimum atomic E-state index is 0.137. The summed E-state index contributed by atoms with van der Waals surface area (Å²) in [6.07, 6.45) is 12.0. The number of piperidine rings is 1. The maximum absolute atomic E-state index is 10.5. The molecule has 4 aromatic rings. The Balaban J connectivity index is 1.33. The molecule has 1 aliphatic carbocycles. The van der Waals surface area contributed by atoms with Gasteiger partial charge in [0.25, 0.3) is 0 Å². The Morgan fingerprint density at radius 1 is 1.10 bits per heavy atom. The fourth-order valence-electron chi connectivity index (χ4n) is 4.39. The molecular formula is C21H21N7O. The van der Waals surface area contributed by atoms with Gasteiger partial charge in [0.05, 0.1) is 23.8 Å². The second-order valence-electron chi connectivity index (χ2n) is 8.10. The van der Waals surface area contributed by atoms with Crippen LogP contribution in [-0.2, 0) is 0 Å². The fraction of sp³-hybridized carbons (Fsp3) is 0.333. The summed E-state index contributed by atoms with van der Waals surface area (Å²) < 4.78 is 1.91. The third-order valence-corrected chi connectivity index (χ3v) is 6.16. The largest absolute Gasteiger partial charge is 0.507 e. The molecule has 4 heterocycles. The average Bonchev–Trinajstić information content (AvgIpc) is 3.15. The first-order chi connectivity index (χ1) is 14.2. The number of phenols is 1. The third-order valence-electron chi connectivity index (χ3n) is 6.16. The summed E-state index contributed by atoms with van der Waals surface area (Å²) in [5.74, 6) is 1.29. The first kappa shape index (κ1) is 16.7. The van der Waals surface area contributed by atoms with Gasteiger partial charge in [-0.15, -0.1) is 0 Å². The molecular weight excluding hydrogens is 366 g/mol. The van der Waals surface area contributed by atoms with Gasteiger partial charge < -0.3 is 10.4 Å². The molecule has 1 aliphatic heterocycles. The number of aromatic hydroxyl groups is 1. The van der Waals surface area contributed by atoms with Crippen LogP contribution in [0.2, 0.25) is 0 Å². The highest BCUT2D eigenvalue weighted by molar-refractivity contribution is 5.69. The van der Waals surface area contributed by atoms with E-state index >= 15 is 0 Å². The highest BCUT2D eigenvalue weighted by Crippen LogP contribution is 2.46. The summed E-state index contributed by atoms with van der Waals surface area (Å²) in [5, 5.41) is 22.4. The molecule has 6 rings (SSSR count). The maximum atomic E-state index is 10.5. The molecule has 0 amide bonds. The van der Waals surface area contributed by atoms with E-state index in [2.05, 4.69) is 26.6 Å². The van der Waals surface area contributed by atoms with Crippen LogP contribution in [0.5, 0.6) is 5.75 Å². The molecule has 8 heteroatoms. The van der Waals surface area contributed by atoms with Gasteiger partial charge in [0.15, 0.2) is 0 Å². The predicted octanol–water partition coefficient (Wildman–Crippen LogP) is 2.68. The summed E-state index contributed by atoms with van der Waals surface area (Å²) >= 11 is 0. The highest BCUT2D eigenvalue weighted by atomic mass is 16.3. The van der Waals surface area contributed by atoms with Crippen LogP contribution in [0.15, 0.2) is 49.1 Å². The zero-order valence-electron chi connectivity index (χ0n) is 15.9. The smallest absolute Gasteiger partial charge is 0.234 e. The Bertz CT molecular complexity index is 1190. The third kappa shape index (κ3) is 2.87. The molecule has 1 aromatic carbocycles. The molecule has 29 heavy (non-hydrogen) atoms. The Morgan fingerprint density at radius 2 is 1.97 bits per heavy atom. The Hall–Kier alpha value is -3.26. The molecule has 2 fully saturated rings. The summed E-state index contributed by atoms with van der Waals surface area (Å²) in [6.45, 7) is 1.06. The normalized spacial score (nSPS) is 20.3. The molecule has 0 radical (unpaired) electrons. The standard InChI is InChI=1S/C21H21N7O/c29-19-11-15(28-23-8-9-24-28)1-2-16(19)18-13-27-10-4-17(25-20(27)26-18)14-3-7-22-21(12-14)5-6-21/h1-2,4,8-11,13-14,22,29H,3,5-7,12H2. The molecule has 1 atom stereocenters. The van der Waals surface area contributed by atoms with Gasteiger partial charge in [-0.25, -0.2) is 9.97 Å². The highest BCUT2D eigenvalue weighted by Gasteiger charge is 2.46. The average molecular weight is 387 g/mol. The number of hydrogen-bond donors (Lipinski definition) is 2. The van der Waals surface area contributed by atoms with Crippen LogP contribution < -0.4 is 5.32 Å². The second-order valence-corrected chi connectivity index (χ2v) is 8.10. The number of rotatable bonds is 3. The van der Waals surface area contributed by atoms with Crippen LogP contribution in [0.25, 0.3) is 22.7 Å². The lowest BCUT2D eigenvalue weighted by molar-refractivity contribution is 0.342. The summed E-state index contributed by atoms with van der Waals surface area (Å²) in [7, 11) is 0. The van der Waals surface area contributed by atoms with Gasteiger partial charge >= 0.3 is 0 Å². The quantitative estimate of drug-likeness (QED) is 0.561. The van der Waals surface area contributed by atoms with Gasteiger partial charge in [-0.05, 0) is 50.4 Å². The van der Waals surface area contributed by atoms with E-state index in [1.165, 1.54) is 17.6 Å². The van der Waals surface area contributed by atoms with Gasteiger partial charge in [-0.1, -0.05) is 0 Å². The van der Waals surface area contributed by atoms with E-state index in [-0.39, 0.29) is 5.75 Å². The Labute approximate surface area is 167 Å².